The lowest BCUT2D eigenvalue weighted by molar-refractivity contribution is 0.551. The van der Waals surface area contributed by atoms with E-state index in [1.807, 2.05) is 0 Å². The van der Waals surface area contributed by atoms with Gasteiger partial charge in [-0.1, -0.05) is 17.7 Å². The van der Waals surface area contributed by atoms with Crippen molar-refractivity contribution in [3.63, 3.8) is 0 Å². The first-order valence-corrected chi connectivity index (χ1v) is 9.79. The molecule has 10 heteroatoms. The number of sulfonamides is 1. The Morgan fingerprint density at radius 3 is 2.56 bits per heavy atom. The molecular formula is C17H16ClFN4O3S. The van der Waals surface area contributed by atoms with Crippen LogP contribution in [0.4, 0.5) is 4.39 Å². The summed E-state index contributed by atoms with van der Waals surface area (Å²) in [4.78, 5) is 12.3. The van der Waals surface area contributed by atoms with Crippen LogP contribution in [0.5, 0.6) is 0 Å². The molecule has 0 aliphatic carbocycles. The summed E-state index contributed by atoms with van der Waals surface area (Å²) >= 11 is 5.82. The number of aromatic nitrogens is 3. The first-order chi connectivity index (χ1) is 12.8. The van der Waals surface area contributed by atoms with Crippen molar-refractivity contribution in [2.45, 2.75) is 11.4 Å². The summed E-state index contributed by atoms with van der Waals surface area (Å²) in [6, 6.07) is 11.5. The van der Waals surface area contributed by atoms with E-state index in [1.165, 1.54) is 47.0 Å². The van der Waals surface area contributed by atoms with Gasteiger partial charge in [-0.2, -0.15) is 0 Å². The van der Waals surface area contributed by atoms with Crippen molar-refractivity contribution in [1.29, 1.82) is 0 Å². The van der Waals surface area contributed by atoms with E-state index in [2.05, 4.69) is 9.82 Å². The Balaban J connectivity index is 1.74. The van der Waals surface area contributed by atoms with E-state index in [1.54, 1.807) is 13.1 Å². The molecule has 0 amide bonds. The minimum Gasteiger partial charge on any atom is -0.278 e. The van der Waals surface area contributed by atoms with Gasteiger partial charge in [0.1, 0.15) is 5.82 Å². The summed E-state index contributed by atoms with van der Waals surface area (Å²) in [6.07, 6.45) is 0. The quantitative estimate of drug-likeness (QED) is 0.673. The number of halogens is 2. The molecule has 0 unspecified atom stereocenters. The summed E-state index contributed by atoms with van der Waals surface area (Å²) < 4.78 is 42.5. The minimum atomic E-state index is -3.75. The third-order valence-corrected chi connectivity index (χ3v) is 5.56. The van der Waals surface area contributed by atoms with Crippen LogP contribution in [0, 0.1) is 5.82 Å². The second-order valence-corrected chi connectivity index (χ2v) is 7.95. The van der Waals surface area contributed by atoms with Crippen LogP contribution in [0.25, 0.3) is 11.4 Å². The molecule has 0 atom stereocenters. The summed E-state index contributed by atoms with van der Waals surface area (Å²) in [5, 5.41) is 4.51. The first-order valence-electron chi connectivity index (χ1n) is 7.93. The molecule has 1 N–H and O–H groups in total. The van der Waals surface area contributed by atoms with E-state index in [4.69, 9.17) is 11.6 Å². The van der Waals surface area contributed by atoms with E-state index in [9.17, 15) is 17.6 Å². The summed E-state index contributed by atoms with van der Waals surface area (Å²) in [6.45, 7) is 0.00227. The zero-order valence-corrected chi connectivity index (χ0v) is 15.8. The van der Waals surface area contributed by atoms with Crippen molar-refractivity contribution in [2.24, 2.45) is 7.05 Å². The number of hydrogen-bond acceptors (Lipinski definition) is 4. The molecule has 0 saturated carbocycles. The Kier molecular flexibility index (Phi) is 5.45. The van der Waals surface area contributed by atoms with E-state index in [0.29, 0.717) is 16.4 Å². The molecule has 1 aromatic heterocycles. The minimum absolute atomic E-state index is 0.0331. The van der Waals surface area contributed by atoms with Gasteiger partial charge in [0.05, 0.1) is 11.4 Å². The van der Waals surface area contributed by atoms with Crippen LogP contribution in [0.2, 0.25) is 5.02 Å². The van der Waals surface area contributed by atoms with Crippen molar-refractivity contribution in [3.8, 4) is 11.4 Å². The maximum atomic E-state index is 13.1. The lowest BCUT2D eigenvalue weighted by Gasteiger charge is -2.06. The zero-order valence-electron chi connectivity index (χ0n) is 14.3. The standard InChI is InChI=1S/C17H16ClFN4O3S/c1-22-16(12-5-7-14(19)8-6-12)21-23(17(22)24)10-9-20-27(25,26)15-4-2-3-13(18)11-15/h2-8,11,20H,9-10H2,1H3. The summed E-state index contributed by atoms with van der Waals surface area (Å²) in [5.41, 5.74) is 0.172. The number of nitrogens with one attached hydrogen (secondary N) is 1. The molecule has 142 valence electrons. The van der Waals surface area contributed by atoms with Gasteiger partial charge in [0.15, 0.2) is 5.82 Å². The number of benzene rings is 2. The number of hydrogen-bond donors (Lipinski definition) is 1. The predicted octanol–water partition coefficient (Wildman–Crippen LogP) is 2.02. The fraction of sp³-hybridized carbons (Fsp3) is 0.176. The monoisotopic (exact) mass is 410 g/mol. The summed E-state index contributed by atoms with van der Waals surface area (Å²) in [5.74, 6) is -0.0312. The Bertz CT molecular complexity index is 1120. The number of rotatable bonds is 6. The van der Waals surface area contributed by atoms with Gasteiger partial charge >= 0.3 is 5.69 Å². The molecule has 0 aliphatic heterocycles. The van der Waals surface area contributed by atoms with Crippen molar-refractivity contribution >= 4 is 21.6 Å². The van der Waals surface area contributed by atoms with Crippen LogP contribution in [-0.2, 0) is 23.6 Å². The van der Waals surface area contributed by atoms with Crippen LogP contribution in [0.3, 0.4) is 0 Å². The molecule has 0 spiro atoms. The fourth-order valence-electron chi connectivity index (χ4n) is 2.49. The van der Waals surface area contributed by atoms with E-state index >= 15 is 0 Å². The Labute approximate surface area is 160 Å². The molecule has 0 bridgehead atoms. The molecule has 0 aliphatic rings. The highest BCUT2D eigenvalue weighted by molar-refractivity contribution is 7.89. The Morgan fingerprint density at radius 1 is 1.19 bits per heavy atom. The average molecular weight is 411 g/mol. The van der Waals surface area contributed by atoms with Gasteiger partial charge in [-0.3, -0.25) is 4.57 Å². The molecule has 3 aromatic rings. The molecule has 0 radical (unpaired) electrons. The largest absolute Gasteiger partial charge is 0.345 e. The predicted molar refractivity (Wildman–Crippen MR) is 99.5 cm³/mol. The molecule has 7 nitrogen and oxygen atoms in total. The molecule has 27 heavy (non-hydrogen) atoms. The van der Waals surface area contributed by atoms with Gasteiger partial charge in [0.25, 0.3) is 0 Å². The SMILES string of the molecule is Cn1c(-c2ccc(F)cc2)nn(CCNS(=O)(=O)c2cccc(Cl)c2)c1=O. The van der Waals surface area contributed by atoms with Crippen LogP contribution < -0.4 is 10.4 Å². The summed E-state index contributed by atoms with van der Waals surface area (Å²) in [7, 11) is -2.21. The number of nitrogens with zero attached hydrogens (tertiary/aromatic N) is 3. The van der Waals surface area contributed by atoms with Crippen LogP contribution in [0.1, 0.15) is 0 Å². The van der Waals surface area contributed by atoms with Gasteiger partial charge in [-0.05, 0) is 42.5 Å². The smallest absolute Gasteiger partial charge is 0.278 e. The van der Waals surface area contributed by atoms with Gasteiger partial charge in [-0.25, -0.2) is 27.0 Å². The Morgan fingerprint density at radius 2 is 1.89 bits per heavy atom. The van der Waals surface area contributed by atoms with Gasteiger partial charge in [0, 0.05) is 24.2 Å². The van der Waals surface area contributed by atoms with Gasteiger partial charge in [0.2, 0.25) is 10.0 Å². The topological polar surface area (TPSA) is 86.0 Å². The van der Waals surface area contributed by atoms with E-state index < -0.39 is 21.5 Å². The van der Waals surface area contributed by atoms with Gasteiger partial charge < -0.3 is 0 Å². The highest BCUT2D eigenvalue weighted by Gasteiger charge is 2.16. The highest BCUT2D eigenvalue weighted by Crippen LogP contribution is 2.16. The average Bonchev–Trinajstić information content (AvgIpc) is 2.91. The lowest BCUT2D eigenvalue weighted by Crippen LogP contribution is -2.31. The Hall–Kier alpha value is -2.49. The van der Waals surface area contributed by atoms with Crippen molar-refractivity contribution in [2.75, 3.05) is 6.54 Å². The molecule has 1 heterocycles. The van der Waals surface area contributed by atoms with Crippen molar-refractivity contribution in [1.82, 2.24) is 19.1 Å². The van der Waals surface area contributed by atoms with E-state index in [-0.39, 0.29) is 18.0 Å². The third-order valence-electron chi connectivity index (χ3n) is 3.87. The van der Waals surface area contributed by atoms with E-state index in [0.717, 1.165) is 4.68 Å². The van der Waals surface area contributed by atoms with Crippen LogP contribution in [-0.4, -0.2) is 29.3 Å². The molecule has 0 saturated heterocycles. The maximum absolute atomic E-state index is 13.1. The fourth-order valence-corrected chi connectivity index (χ4v) is 3.81. The second kappa shape index (κ2) is 7.63. The molecular weight excluding hydrogens is 395 g/mol. The lowest BCUT2D eigenvalue weighted by atomic mass is 10.2. The van der Waals surface area contributed by atoms with Crippen molar-refractivity contribution < 1.29 is 12.8 Å². The van der Waals surface area contributed by atoms with Crippen LogP contribution >= 0.6 is 11.6 Å². The second-order valence-electron chi connectivity index (χ2n) is 5.75. The highest BCUT2D eigenvalue weighted by atomic mass is 35.5. The molecule has 2 aromatic carbocycles. The van der Waals surface area contributed by atoms with Crippen molar-refractivity contribution in [3.05, 3.63) is 69.9 Å². The third kappa shape index (κ3) is 4.26. The normalized spacial score (nSPS) is 11.7. The van der Waals surface area contributed by atoms with Gasteiger partial charge in [-0.15, -0.1) is 5.10 Å². The van der Waals surface area contributed by atoms with Crippen LogP contribution in [0.15, 0.2) is 58.2 Å². The zero-order chi connectivity index (χ0) is 19.6. The molecule has 3 rings (SSSR count). The maximum Gasteiger partial charge on any atom is 0.345 e. The molecule has 0 fully saturated rings. The first kappa shape index (κ1) is 19.3.